The Morgan fingerprint density at radius 1 is 1.47 bits per heavy atom. The summed E-state index contributed by atoms with van der Waals surface area (Å²) in [5.41, 5.74) is 1.81. The Hall–Kier alpha value is -0.910. The molecule has 2 rings (SSSR count). The molecule has 3 nitrogen and oxygen atoms in total. The van der Waals surface area contributed by atoms with Crippen LogP contribution in [-0.4, -0.2) is 17.2 Å². The van der Waals surface area contributed by atoms with Gasteiger partial charge in [-0.05, 0) is 25.1 Å². The summed E-state index contributed by atoms with van der Waals surface area (Å²) >= 11 is 4.93. The molecule has 0 radical (unpaired) electrons. The van der Waals surface area contributed by atoms with E-state index in [0.717, 1.165) is 31.4 Å². The molecule has 0 aliphatic heterocycles. The van der Waals surface area contributed by atoms with E-state index in [1.807, 2.05) is 25.1 Å². The van der Waals surface area contributed by atoms with Crippen molar-refractivity contribution in [1.29, 1.82) is 0 Å². The lowest BCUT2D eigenvalue weighted by Gasteiger charge is -2.05. The number of benzene rings is 1. The number of aryl methyl sites for hydroxylation is 1. The molecule has 5 heteroatoms. The number of aromatic nitrogens is 1. The molecule has 0 saturated heterocycles. The Balaban J connectivity index is 2.54. The minimum Gasteiger partial charge on any atom is -0.496 e. The van der Waals surface area contributed by atoms with Crippen molar-refractivity contribution >= 4 is 27.3 Å². The molecule has 1 heterocycles. The summed E-state index contributed by atoms with van der Waals surface area (Å²) < 4.78 is 6.30. The smallest absolute Gasteiger partial charge is 0.129 e. The van der Waals surface area contributed by atoms with Crippen LogP contribution in [0.1, 0.15) is 10.6 Å². The van der Waals surface area contributed by atoms with Gasteiger partial charge in [0.1, 0.15) is 10.8 Å². The van der Waals surface area contributed by atoms with E-state index >= 15 is 0 Å². The molecule has 0 unspecified atom stereocenters. The second-order valence-electron chi connectivity index (χ2n) is 3.53. The minimum atomic E-state index is 0.0276. The van der Waals surface area contributed by atoms with Crippen molar-refractivity contribution in [2.45, 2.75) is 13.5 Å². The predicted molar refractivity (Wildman–Crippen MR) is 72.5 cm³/mol. The maximum atomic E-state index is 9.19. The molecule has 17 heavy (non-hydrogen) atoms. The van der Waals surface area contributed by atoms with Crippen molar-refractivity contribution < 1.29 is 9.84 Å². The first kappa shape index (κ1) is 12.5. The molecule has 0 saturated carbocycles. The summed E-state index contributed by atoms with van der Waals surface area (Å²) in [5.74, 6) is 0.784. The van der Waals surface area contributed by atoms with E-state index < -0.39 is 0 Å². The molecule has 0 aliphatic carbocycles. The van der Waals surface area contributed by atoms with Crippen molar-refractivity contribution in [3.8, 4) is 16.3 Å². The van der Waals surface area contributed by atoms with E-state index in [2.05, 4.69) is 20.9 Å². The lowest BCUT2D eigenvalue weighted by Crippen LogP contribution is -1.87. The number of aliphatic hydroxyl groups is 1. The molecule has 1 N–H and O–H groups in total. The fourth-order valence-corrected chi connectivity index (χ4v) is 2.84. The van der Waals surface area contributed by atoms with Gasteiger partial charge in [-0.15, -0.1) is 11.3 Å². The fraction of sp³-hybridized carbons (Fsp3) is 0.250. The highest BCUT2D eigenvalue weighted by Gasteiger charge is 2.13. The van der Waals surface area contributed by atoms with E-state index in [4.69, 9.17) is 4.74 Å². The number of hydrogen-bond acceptors (Lipinski definition) is 4. The first-order valence-corrected chi connectivity index (χ1v) is 6.67. The van der Waals surface area contributed by atoms with Crippen LogP contribution in [0, 0.1) is 6.92 Å². The molecule has 1 aromatic carbocycles. The predicted octanol–water partition coefficient (Wildman–Crippen LogP) is 3.38. The maximum Gasteiger partial charge on any atom is 0.129 e. The van der Waals surface area contributed by atoms with Crippen LogP contribution in [0.25, 0.3) is 10.6 Å². The third-order valence-corrected chi connectivity index (χ3v) is 4.10. The van der Waals surface area contributed by atoms with Gasteiger partial charge in [0, 0.05) is 4.47 Å². The minimum absolute atomic E-state index is 0.0276. The molecule has 1 aromatic heterocycles. The Kier molecular flexibility index (Phi) is 3.81. The Bertz CT molecular complexity index is 539. The standard InChI is InChI=1S/C12H12BrNO2S/c1-7-11(6-15)17-12(14-7)9-5-8(13)3-4-10(9)16-2/h3-5,15H,6H2,1-2H3. The molecule has 0 fully saturated rings. The lowest BCUT2D eigenvalue weighted by atomic mass is 10.2. The topological polar surface area (TPSA) is 42.4 Å². The molecule has 0 aliphatic rings. The highest BCUT2D eigenvalue weighted by molar-refractivity contribution is 9.10. The molecular weight excluding hydrogens is 302 g/mol. The van der Waals surface area contributed by atoms with E-state index in [-0.39, 0.29) is 6.61 Å². The largest absolute Gasteiger partial charge is 0.496 e. The summed E-state index contributed by atoms with van der Waals surface area (Å²) in [6, 6.07) is 5.79. The quantitative estimate of drug-likeness (QED) is 0.944. The third kappa shape index (κ3) is 2.51. The third-order valence-electron chi connectivity index (χ3n) is 2.43. The van der Waals surface area contributed by atoms with Crippen molar-refractivity contribution in [2.24, 2.45) is 0 Å². The second kappa shape index (κ2) is 5.16. The van der Waals surface area contributed by atoms with Gasteiger partial charge in [-0.3, -0.25) is 0 Å². The molecule has 0 bridgehead atoms. The number of ether oxygens (including phenoxy) is 1. The van der Waals surface area contributed by atoms with Crippen LogP contribution in [0.4, 0.5) is 0 Å². The lowest BCUT2D eigenvalue weighted by molar-refractivity contribution is 0.284. The molecule has 90 valence electrons. The molecule has 0 spiro atoms. The average Bonchev–Trinajstić information content (AvgIpc) is 2.70. The van der Waals surface area contributed by atoms with Crippen LogP contribution in [0.3, 0.4) is 0 Å². The summed E-state index contributed by atoms with van der Waals surface area (Å²) in [7, 11) is 1.64. The number of methoxy groups -OCH3 is 1. The molecule has 0 amide bonds. The summed E-state index contributed by atoms with van der Waals surface area (Å²) in [4.78, 5) is 5.35. The maximum absolute atomic E-state index is 9.19. The first-order chi connectivity index (χ1) is 8.15. The zero-order valence-corrected chi connectivity index (χ0v) is 11.9. The van der Waals surface area contributed by atoms with E-state index in [1.54, 1.807) is 7.11 Å². The van der Waals surface area contributed by atoms with Crippen molar-refractivity contribution in [1.82, 2.24) is 4.98 Å². The van der Waals surface area contributed by atoms with Gasteiger partial charge in [0.25, 0.3) is 0 Å². The summed E-state index contributed by atoms with van der Waals surface area (Å²) in [5, 5.41) is 10.1. The normalized spacial score (nSPS) is 10.6. The van der Waals surface area contributed by atoms with Gasteiger partial charge in [-0.25, -0.2) is 4.98 Å². The van der Waals surface area contributed by atoms with Crippen LogP contribution >= 0.6 is 27.3 Å². The number of nitrogens with zero attached hydrogens (tertiary/aromatic N) is 1. The molecule has 2 aromatic rings. The van der Waals surface area contributed by atoms with E-state index in [1.165, 1.54) is 11.3 Å². The van der Waals surface area contributed by atoms with E-state index in [9.17, 15) is 5.11 Å². The van der Waals surface area contributed by atoms with Crippen LogP contribution in [0.5, 0.6) is 5.75 Å². The first-order valence-electron chi connectivity index (χ1n) is 5.06. The van der Waals surface area contributed by atoms with Crippen molar-refractivity contribution in [2.75, 3.05) is 7.11 Å². The van der Waals surface area contributed by atoms with Crippen LogP contribution in [0.2, 0.25) is 0 Å². The van der Waals surface area contributed by atoms with Gasteiger partial charge < -0.3 is 9.84 Å². The highest BCUT2D eigenvalue weighted by atomic mass is 79.9. The monoisotopic (exact) mass is 313 g/mol. The number of hydrogen-bond donors (Lipinski definition) is 1. The number of rotatable bonds is 3. The van der Waals surface area contributed by atoms with Gasteiger partial charge in [0.2, 0.25) is 0 Å². The summed E-state index contributed by atoms with van der Waals surface area (Å²) in [6.45, 7) is 1.93. The van der Waals surface area contributed by atoms with E-state index in [0.29, 0.717) is 0 Å². The number of thiazole rings is 1. The zero-order valence-electron chi connectivity index (χ0n) is 9.53. The van der Waals surface area contributed by atoms with Gasteiger partial charge in [-0.2, -0.15) is 0 Å². The average molecular weight is 314 g/mol. The van der Waals surface area contributed by atoms with Crippen molar-refractivity contribution in [3.63, 3.8) is 0 Å². The van der Waals surface area contributed by atoms with Crippen LogP contribution < -0.4 is 4.74 Å². The zero-order chi connectivity index (χ0) is 12.4. The number of halogens is 1. The van der Waals surface area contributed by atoms with Gasteiger partial charge in [-0.1, -0.05) is 15.9 Å². The van der Waals surface area contributed by atoms with Gasteiger partial charge in [0.05, 0.1) is 29.9 Å². The Labute approximate surface area is 112 Å². The van der Waals surface area contributed by atoms with Crippen LogP contribution in [-0.2, 0) is 6.61 Å². The van der Waals surface area contributed by atoms with Crippen molar-refractivity contribution in [3.05, 3.63) is 33.2 Å². The highest BCUT2D eigenvalue weighted by Crippen LogP contribution is 2.36. The summed E-state index contributed by atoms with van der Waals surface area (Å²) in [6.07, 6.45) is 0. The molecule has 0 atom stereocenters. The fourth-order valence-electron chi connectivity index (χ4n) is 1.54. The SMILES string of the molecule is COc1ccc(Br)cc1-c1nc(C)c(CO)s1. The number of aliphatic hydroxyl groups excluding tert-OH is 1. The molecular formula is C12H12BrNO2S. The second-order valence-corrected chi connectivity index (χ2v) is 5.53. The van der Waals surface area contributed by atoms with Crippen LogP contribution in [0.15, 0.2) is 22.7 Å². The Morgan fingerprint density at radius 3 is 2.82 bits per heavy atom. The Morgan fingerprint density at radius 2 is 2.24 bits per heavy atom. The van der Waals surface area contributed by atoms with Gasteiger partial charge in [0.15, 0.2) is 0 Å². The van der Waals surface area contributed by atoms with Gasteiger partial charge >= 0.3 is 0 Å².